The highest BCUT2D eigenvalue weighted by Crippen LogP contribution is 2.45. The molecule has 0 unspecified atom stereocenters. The van der Waals surface area contributed by atoms with Gasteiger partial charge in [-0.1, -0.05) is 37.0 Å². The molecule has 8 nitrogen and oxygen atoms in total. The lowest BCUT2D eigenvalue weighted by molar-refractivity contribution is -0.142. The Balaban J connectivity index is 1.79. The van der Waals surface area contributed by atoms with Crippen LogP contribution >= 0.6 is 23.2 Å². The molecular weight excluding hydrogens is 503 g/mol. The number of amides is 1. The molecule has 1 amide bonds. The smallest absolute Gasteiger partial charge is 0.306 e. The number of nitrogens with two attached hydrogens (primary N) is 1. The first kappa shape index (κ1) is 28.1. The van der Waals surface area contributed by atoms with Gasteiger partial charge in [-0.25, -0.2) is 0 Å². The fourth-order valence-electron chi connectivity index (χ4n) is 5.41. The summed E-state index contributed by atoms with van der Waals surface area (Å²) in [5.41, 5.74) is 6.94. The number of halogens is 2. The zero-order chi connectivity index (χ0) is 26.6. The van der Waals surface area contributed by atoms with Crippen molar-refractivity contribution in [3.8, 4) is 0 Å². The maximum atomic E-state index is 13.7. The fourth-order valence-corrected chi connectivity index (χ4v) is 5.98. The zero-order valence-electron chi connectivity index (χ0n) is 21.0. The molecule has 2 saturated carbocycles. The molecule has 3 rings (SSSR count). The SMILES string of the molecule is CC(=NC1CCC(C(=O)O)CC1)C(=CN)C(=O)N(CC(=O)c1c(Cl)cncc1Cl)CC1CC(C)(C)C1. The lowest BCUT2D eigenvalue weighted by atomic mass is 9.64. The number of carbonyl (C=O) groups excluding carboxylic acids is 2. The van der Waals surface area contributed by atoms with Crippen LogP contribution in [0.2, 0.25) is 10.0 Å². The molecule has 1 aromatic rings. The molecule has 3 N–H and O–H groups in total. The Morgan fingerprint density at radius 1 is 1.17 bits per heavy atom. The van der Waals surface area contributed by atoms with Gasteiger partial charge in [0.15, 0.2) is 5.78 Å². The summed E-state index contributed by atoms with van der Waals surface area (Å²) in [6.45, 7) is 6.29. The summed E-state index contributed by atoms with van der Waals surface area (Å²) in [5.74, 6) is -1.61. The fraction of sp³-hybridized carbons (Fsp3) is 0.577. The second kappa shape index (κ2) is 11.7. The van der Waals surface area contributed by atoms with E-state index < -0.39 is 5.97 Å². The normalized spacial score (nSPS) is 22.6. The number of carbonyl (C=O) groups is 3. The molecule has 0 bridgehead atoms. The molecule has 1 aromatic heterocycles. The van der Waals surface area contributed by atoms with Crippen molar-refractivity contribution in [2.75, 3.05) is 13.1 Å². The first-order chi connectivity index (χ1) is 16.9. The van der Waals surface area contributed by atoms with Crippen LogP contribution in [0.3, 0.4) is 0 Å². The summed E-state index contributed by atoms with van der Waals surface area (Å²) < 4.78 is 0. The van der Waals surface area contributed by atoms with E-state index in [0.717, 1.165) is 12.8 Å². The standard InChI is InChI=1S/C26H34Cl2N4O4/c1-15(31-18-6-4-17(5-7-18)25(35)36)19(10-29)24(34)32(13-16-8-26(2,3)9-16)14-22(33)23-20(27)11-30-12-21(23)28/h10-12,16-18H,4-9,13-14,29H2,1-3H3,(H,35,36). The van der Waals surface area contributed by atoms with Gasteiger partial charge < -0.3 is 15.7 Å². The number of carboxylic acids is 1. The van der Waals surface area contributed by atoms with Crippen LogP contribution in [-0.2, 0) is 9.59 Å². The molecule has 2 fully saturated rings. The van der Waals surface area contributed by atoms with Gasteiger partial charge in [-0.2, -0.15) is 0 Å². The van der Waals surface area contributed by atoms with E-state index in [1.807, 2.05) is 0 Å². The van der Waals surface area contributed by atoms with Crippen molar-refractivity contribution in [1.82, 2.24) is 9.88 Å². The van der Waals surface area contributed by atoms with E-state index in [1.165, 1.54) is 23.5 Å². The summed E-state index contributed by atoms with van der Waals surface area (Å²) in [4.78, 5) is 48.2. The van der Waals surface area contributed by atoms with Gasteiger partial charge in [0.1, 0.15) is 0 Å². The number of hydrogen-bond acceptors (Lipinski definition) is 6. The minimum Gasteiger partial charge on any atom is -0.481 e. The van der Waals surface area contributed by atoms with Crippen molar-refractivity contribution >= 4 is 46.6 Å². The van der Waals surface area contributed by atoms with Gasteiger partial charge in [0.05, 0.1) is 39.7 Å². The number of hydrogen-bond donors (Lipinski definition) is 2. The van der Waals surface area contributed by atoms with Gasteiger partial charge >= 0.3 is 5.97 Å². The number of Topliss-reactive ketones (excluding diaryl/α,β-unsaturated/α-hetero) is 1. The van der Waals surface area contributed by atoms with Crippen molar-refractivity contribution in [2.24, 2.45) is 28.0 Å². The monoisotopic (exact) mass is 536 g/mol. The number of pyridine rings is 1. The number of nitrogens with zero attached hydrogens (tertiary/aromatic N) is 3. The zero-order valence-corrected chi connectivity index (χ0v) is 22.5. The Bertz CT molecular complexity index is 1050. The summed E-state index contributed by atoms with van der Waals surface area (Å²) in [7, 11) is 0. The molecule has 2 aliphatic rings. The molecule has 0 atom stereocenters. The number of aromatic nitrogens is 1. The Morgan fingerprint density at radius 3 is 2.25 bits per heavy atom. The quantitative estimate of drug-likeness (QED) is 0.265. The van der Waals surface area contributed by atoms with Gasteiger partial charge in [-0.3, -0.25) is 24.4 Å². The van der Waals surface area contributed by atoms with Crippen molar-refractivity contribution in [3.63, 3.8) is 0 Å². The molecular formula is C26H34Cl2N4O4. The molecule has 0 saturated heterocycles. The van der Waals surface area contributed by atoms with Crippen LogP contribution in [-0.4, -0.2) is 57.5 Å². The highest BCUT2D eigenvalue weighted by Gasteiger charge is 2.38. The largest absolute Gasteiger partial charge is 0.481 e. The van der Waals surface area contributed by atoms with E-state index in [9.17, 15) is 19.5 Å². The number of aliphatic carboxylic acids is 1. The van der Waals surface area contributed by atoms with Crippen molar-refractivity contribution < 1.29 is 19.5 Å². The van der Waals surface area contributed by atoms with Crippen molar-refractivity contribution in [2.45, 2.75) is 65.3 Å². The summed E-state index contributed by atoms with van der Waals surface area (Å²) >= 11 is 12.4. The van der Waals surface area contributed by atoms with Crippen LogP contribution in [0.1, 0.15) is 69.7 Å². The number of aliphatic imine (C=N–C) groups is 1. The van der Waals surface area contributed by atoms with Crippen molar-refractivity contribution in [3.05, 3.63) is 39.8 Å². The van der Waals surface area contributed by atoms with E-state index in [0.29, 0.717) is 37.9 Å². The molecule has 0 radical (unpaired) electrons. The number of rotatable bonds is 9. The van der Waals surface area contributed by atoms with Crippen LogP contribution in [0.15, 0.2) is 29.2 Å². The molecule has 36 heavy (non-hydrogen) atoms. The third kappa shape index (κ3) is 6.85. The van der Waals surface area contributed by atoms with Gasteiger partial charge in [-0.05, 0) is 56.8 Å². The predicted molar refractivity (Wildman–Crippen MR) is 140 cm³/mol. The summed E-state index contributed by atoms with van der Waals surface area (Å²) in [6, 6.07) is -0.0692. The van der Waals surface area contributed by atoms with Crippen LogP contribution in [0.25, 0.3) is 0 Å². The average Bonchev–Trinajstić information content (AvgIpc) is 2.78. The third-order valence-electron chi connectivity index (χ3n) is 7.12. The van der Waals surface area contributed by atoms with Gasteiger partial charge in [0, 0.05) is 30.9 Å². The lowest BCUT2D eigenvalue weighted by Gasteiger charge is -2.44. The topological polar surface area (TPSA) is 126 Å². The summed E-state index contributed by atoms with van der Waals surface area (Å²) in [5, 5.41) is 9.49. The Morgan fingerprint density at radius 2 is 1.75 bits per heavy atom. The highest BCUT2D eigenvalue weighted by molar-refractivity contribution is 6.39. The minimum atomic E-state index is -0.777. The molecule has 196 valence electrons. The van der Waals surface area contributed by atoms with Crippen LogP contribution in [0.5, 0.6) is 0 Å². The third-order valence-corrected chi connectivity index (χ3v) is 7.70. The number of ketones is 1. The molecule has 0 aromatic carbocycles. The van der Waals surface area contributed by atoms with Crippen LogP contribution in [0.4, 0.5) is 0 Å². The van der Waals surface area contributed by atoms with E-state index >= 15 is 0 Å². The predicted octanol–water partition coefficient (Wildman–Crippen LogP) is 4.78. The van der Waals surface area contributed by atoms with Gasteiger partial charge in [0.25, 0.3) is 5.91 Å². The molecule has 10 heteroatoms. The molecule has 0 aliphatic heterocycles. The molecule has 1 heterocycles. The first-order valence-electron chi connectivity index (χ1n) is 12.2. The number of carboxylic acid groups (broad SMARTS) is 1. The van der Waals surface area contributed by atoms with Crippen LogP contribution < -0.4 is 5.73 Å². The van der Waals surface area contributed by atoms with E-state index in [-0.39, 0.29) is 62.7 Å². The first-order valence-corrected chi connectivity index (χ1v) is 13.0. The molecule has 0 spiro atoms. The van der Waals surface area contributed by atoms with Gasteiger partial charge in [0.2, 0.25) is 0 Å². The van der Waals surface area contributed by atoms with Crippen LogP contribution in [0, 0.1) is 17.3 Å². The van der Waals surface area contributed by atoms with Crippen molar-refractivity contribution in [1.29, 1.82) is 0 Å². The average molecular weight is 537 g/mol. The highest BCUT2D eigenvalue weighted by atomic mass is 35.5. The van der Waals surface area contributed by atoms with E-state index in [4.69, 9.17) is 33.9 Å². The van der Waals surface area contributed by atoms with E-state index in [2.05, 4.69) is 18.8 Å². The minimum absolute atomic E-state index is 0.0692. The Hall–Kier alpha value is -2.45. The summed E-state index contributed by atoms with van der Waals surface area (Å²) in [6.07, 6.45) is 8.21. The Kier molecular flexibility index (Phi) is 9.17. The maximum absolute atomic E-state index is 13.7. The molecule has 2 aliphatic carbocycles. The Labute approximate surface area is 221 Å². The maximum Gasteiger partial charge on any atom is 0.306 e. The van der Waals surface area contributed by atoms with E-state index in [1.54, 1.807) is 6.92 Å². The lowest BCUT2D eigenvalue weighted by Crippen LogP contribution is -2.46. The van der Waals surface area contributed by atoms with Gasteiger partial charge in [-0.15, -0.1) is 0 Å². The second-order valence-corrected chi connectivity index (χ2v) is 11.5. The second-order valence-electron chi connectivity index (χ2n) is 10.7.